The maximum atomic E-state index is 12.1. The summed E-state index contributed by atoms with van der Waals surface area (Å²) >= 11 is 1.46. The first-order valence-electron chi connectivity index (χ1n) is 7.85. The van der Waals surface area contributed by atoms with Gasteiger partial charge in [-0.05, 0) is 31.6 Å². The van der Waals surface area contributed by atoms with E-state index in [1.54, 1.807) is 6.20 Å². The number of thioether (sulfide) groups is 1. The Morgan fingerprint density at radius 2 is 2.05 bits per heavy atom. The van der Waals surface area contributed by atoms with Crippen LogP contribution in [-0.4, -0.2) is 27.9 Å². The summed E-state index contributed by atoms with van der Waals surface area (Å²) in [5, 5.41) is 14.3. The molecular weight excluding hydrogens is 294 g/mol. The smallest absolute Gasteiger partial charge is 0.230 e. The zero-order valence-corrected chi connectivity index (χ0v) is 13.6. The summed E-state index contributed by atoms with van der Waals surface area (Å²) in [5.41, 5.74) is 0. The summed E-state index contributed by atoms with van der Waals surface area (Å²) in [7, 11) is 0. The van der Waals surface area contributed by atoms with Crippen LogP contribution in [0.15, 0.2) is 35.5 Å². The van der Waals surface area contributed by atoms with Gasteiger partial charge in [-0.2, -0.15) is 5.10 Å². The van der Waals surface area contributed by atoms with Crippen LogP contribution in [0, 0.1) is 5.92 Å². The van der Waals surface area contributed by atoms with Gasteiger partial charge in [0.25, 0.3) is 0 Å². The van der Waals surface area contributed by atoms with Crippen LogP contribution in [0.2, 0.25) is 0 Å². The third-order valence-corrected chi connectivity index (χ3v) is 5.24. The normalized spacial score (nSPS) is 21.7. The van der Waals surface area contributed by atoms with Crippen molar-refractivity contribution in [3.05, 3.63) is 30.5 Å². The molecule has 0 aliphatic heterocycles. The number of hydrogen-bond donors (Lipinski definition) is 1. The maximum Gasteiger partial charge on any atom is 0.230 e. The highest BCUT2D eigenvalue weighted by Gasteiger charge is 2.19. The molecule has 0 unspecified atom stereocenters. The molecule has 4 nitrogen and oxygen atoms in total. The van der Waals surface area contributed by atoms with Crippen LogP contribution in [0.3, 0.4) is 0 Å². The Kier molecular flexibility index (Phi) is 4.93. The van der Waals surface area contributed by atoms with Crippen molar-refractivity contribution >= 4 is 28.4 Å². The molecule has 1 heterocycles. The fraction of sp³-hybridized carbons (Fsp3) is 0.471. The first kappa shape index (κ1) is 15.3. The molecule has 2 aromatic rings. The minimum atomic E-state index is 0.0966. The number of rotatable bonds is 4. The molecular formula is C17H21N3OS. The van der Waals surface area contributed by atoms with Crippen LogP contribution < -0.4 is 5.32 Å². The highest BCUT2D eigenvalue weighted by atomic mass is 32.2. The quantitative estimate of drug-likeness (QED) is 0.878. The number of carbonyl (C=O) groups is 1. The molecule has 1 amide bonds. The van der Waals surface area contributed by atoms with Crippen molar-refractivity contribution in [3.8, 4) is 0 Å². The van der Waals surface area contributed by atoms with Gasteiger partial charge in [0.1, 0.15) is 5.03 Å². The van der Waals surface area contributed by atoms with Gasteiger partial charge in [-0.3, -0.25) is 4.79 Å². The monoisotopic (exact) mass is 315 g/mol. The number of fused-ring (bicyclic) bond motifs is 1. The molecule has 0 radical (unpaired) electrons. The van der Waals surface area contributed by atoms with Gasteiger partial charge in [-0.25, -0.2) is 0 Å². The van der Waals surface area contributed by atoms with Gasteiger partial charge in [0.15, 0.2) is 0 Å². The summed E-state index contributed by atoms with van der Waals surface area (Å²) in [4.78, 5) is 12.1. The summed E-state index contributed by atoms with van der Waals surface area (Å²) in [5.74, 6) is 1.29. The molecule has 22 heavy (non-hydrogen) atoms. The number of amides is 1. The summed E-state index contributed by atoms with van der Waals surface area (Å²) in [6.45, 7) is 2.28. The van der Waals surface area contributed by atoms with E-state index in [0.29, 0.717) is 11.8 Å². The van der Waals surface area contributed by atoms with E-state index in [-0.39, 0.29) is 5.91 Å². The highest BCUT2D eigenvalue weighted by molar-refractivity contribution is 8.00. The Balaban J connectivity index is 1.56. The minimum absolute atomic E-state index is 0.0966. The standard InChI is InChI=1S/C17H21N3OS/c1-12-6-8-14(9-7-12)19-16(21)11-22-17-15-5-3-2-4-13(15)10-18-20-17/h2-5,10,12,14H,6-9,11H2,1H3,(H,19,21). The van der Waals surface area contributed by atoms with Gasteiger partial charge in [-0.1, -0.05) is 43.0 Å². The number of benzene rings is 1. The number of carbonyl (C=O) groups excluding carboxylic acids is 1. The lowest BCUT2D eigenvalue weighted by Gasteiger charge is -2.26. The Morgan fingerprint density at radius 3 is 2.86 bits per heavy atom. The zero-order valence-electron chi connectivity index (χ0n) is 12.8. The third-order valence-electron chi connectivity index (χ3n) is 4.26. The highest BCUT2D eigenvalue weighted by Crippen LogP contribution is 2.25. The third kappa shape index (κ3) is 3.77. The maximum absolute atomic E-state index is 12.1. The number of nitrogens with zero attached hydrogens (tertiary/aromatic N) is 2. The SMILES string of the molecule is CC1CCC(NC(=O)CSc2nncc3ccccc23)CC1. The largest absolute Gasteiger partial charge is 0.353 e. The molecule has 0 spiro atoms. The van der Waals surface area contributed by atoms with Crippen molar-refractivity contribution in [1.29, 1.82) is 0 Å². The molecule has 1 saturated carbocycles. The van der Waals surface area contributed by atoms with E-state index in [1.807, 2.05) is 24.3 Å². The van der Waals surface area contributed by atoms with Crippen molar-refractivity contribution < 1.29 is 4.79 Å². The molecule has 0 bridgehead atoms. The molecule has 1 aromatic carbocycles. The molecule has 1 N–H and O–H groups in total. The molecule has 5 heteroatoms. The zero-order chi connectivity index (χ0) is 15.4. The fourth-order valence-corrected chi connectivity index (χ4v) is 3.71. The van der Waals surface area contributed by atoms with Crippen molar-refractivity contribution in [2.24, 2.45) is 5.92 Å². The molecule has 0 saturated heterocycles. The average molecular weight is 315 g/mol. The molecule has 0 atom stereocenters. The lowest BCUT2D eigenvalue weighted by molar-refractivity contribution is -0.119. The van der Waals surface area contributed by atoms with Crippen LogP contribution >= 0.6 is 11.8 Å². The molecule has 116 valence electrons. The topological polar surface area (TPSA) is 54.9 Å². The Morgan fingerprint density at radius 1 is 1.27 bits per heavy atom. The van der Waals surface area contributed by atoms with Gasteiger partial charge in [0, 0.05) is 16.8 Å². The van der Waals surface area contributed by atoms with Crippen molar-refractivity contribution in [1.82, 2.24) is 15.5 Å². The number of aromatic nitrogens is 2. The van der Waals surface area contributed by atoms with Gasteiger partial charge in [0.05, 0.1) is 11.9 Å². The average Bonchev–Trinajstić information content (AvgIpc) is 2.55. The molecule has 1 aliphatic rings. The fourth-order valence-electron chi connectivity index (χ4n) is 2.92. The van der Waals surface area contributed by atoms with Crippen molar-refractivity contribution in [2.45, 2.75) is 43.7 Å². The van der Waals surface area contributed by atoms with E-state index in [0.717, 1.165) is 34.6 Å². The van der Waals surface area contributed by atoms with Crippen LogP contribution in [-0.2, 0) is 4.79 Å². The summed E-state index contributed by atoms with van der Waals surface area (Å²) in [6, 6.07) is 8.35. The number of hydrogen-bond acceptors (Lipinski definition) is 4. The van der Waals surface area contributed by atoms with Gasteiger partial charge < -0.3 is 5.32 Å². The van der Waals surface area contributed by atoms with E-state index in [9.17, 15) is 4.79 Å². The van der Waals surface area contributed by atoms with E-state index in [4.69, 9.17) is 0 Å². The van der Waals surface area contributed by atoms with Gasteiger partial charge in [0.2, 0.25) is 5.91 Å². The Hall–Kier alpha value is -1.62. The van der Waals surface area contributed by atoms with Crippen LogP contribution in [0.5, 0.6) is 0 Å². The predicted octanol–water partition coefficient (Wildman–Crippen LogP) is 3.42. The number of nitrogens with one attached hydrogen (secondary N) is 1. The van der Waals surface area contributed by atoms with E-state index in [1.165, 1.54) is 24.6 Å². The second-order valence-electron chi connectivity index (χ2n) is 6.05. The lowest BCUT2D eigenvalue weighted by Crippen LogP contribution is -2.38. The first-order valence-corrected chi connectivity index (χ1v) is 8.83. The molecule has 3 rings (SSSR count). The lowest BCUT2D eigenvalue weighted by atomic mass is 9.87. The molecule has 1 aliphatic carbocycles. The summed E-state index contributed by atoms with van der Waals surface area (Å²) in [6.07, 6.45) is 6.39. The predicted molar refractivity (Wildman–Crippen MR) is 89.8 cm³/mol. The van der Waals surface area contributed by atoms with Crippen molar-refractivity contribution in [3.63, 3.8) is 0 Å². The second kappa shape index (κ2) is 7.09. The van der Waals surface area contributed by atoms with Gasteiger partial charge >= 0.3 is 0 Å². The Labute approximate surface area is 135 Å². The first-order chi connectivity index (χ1) is 10.7. The van der Waals surface area contributed by atoms with E-state index in [2.05, 4.69) is 22.4 Å². The van der Waals surface area contributed by atoms with E-state index >= 15 is 0 Å². The van der Waals surface area contributed by atoms with Crippen molar-refractivity contribution in [2.75, 3.05) is 5.75 Å². The summed E-state index contributed by atoms with van der Waals surface area (Å²) < 4.78 is 0. The van der Waals surface area contributed by atoms with Gasteiger partial charge in [-0.15, -0.1) is 5.10 Å². The van der Waals surface area contributed by atoms with Crippen LogP contribution in [0.1, 0.15) is 32.6 Å². The molecule has 1 aromatic heterocycles. The Bertz CT molecular complexity index is 648. The minimum Gasteiger partial charge on any atom is -0.353 e. The molecule has 1 fully saturated rings. The van der Waals surface area contributed by atoms with Crippen LogP contribution in [0.25, 0.3) is 10.8 Å². The van der Waals surface area contributed by atoms with Crippen LogP contribution in [0.4, 0.5) is 0 Å². The second-order valence-corrected chi connectivity index (χ2v) is 7.01. The van der Waals surface area contributed by atoms with E-state index < -0.39 is 0 Å².